The molecule has 9 unspecified atom stereocenters. The molecule has 0 aromatic rings. The summed E-state index contributed by atoms with van der Waals surface area (Å²) in [6.07, 6.45) is 5.55. The highest BCUT2D eigenvalue weighted by molar-refractivity contribution is 5.79. The molecule has 0 bridgehead atoms. The van der Waals surface area contributed by atoms with E-state index in [-0.39, 0.29) is 42.4 Å². The number of ether oxygens (including phenoxy) is 5. The Morgan fingerprint density at radius 3 is 2.53 bits per heavy atom. The highest BCUT2D eigenvalue weighted by Gasteiger charge is 2.50. The number of fused-ring (bicyclic) bond motifs is 1. The summed E-state index contributed by atoms with van der Waals surface area (Å²) < 4.78 is 30.4. The van der Waals surface area contributed by atoms with Crippen LogP contribution in [0.4, 0.5) is 0 Å². The molecule has 8 nitrogen and oxygen atoms in total. The van der Waals surface area contributed by atoms with Crippen LogP contribution in [0.1, 0.15) is 85.0 Å². The summed E-state index contributed by atoms with van der Waals surface area (Å²) in [6, 6.07) is 0. The Morgan fingerprint density at radius 1 is 1.06 bits per heavy atom. The summed E-state index contributed by atoms with van der Waals surface area (Å²) in [7, 11) is 0. The predicted octanol–water partition coefficient (Wildman–Crippen LogP) is 3.42. The molecule has 10 atom stereocenters. The van der Waals surface area contributed by atoms with Gasteiger partial charge in [0.1, 0.15) is 17.6 Å². The molecule has 0 amide bonds. The monoisotopic (exact) mass is 509 g/mol. The first-order valence-corrected chi connectivity index (χ1v) is 14.0. The zero-order valence-corrected chi connectivity index (χ0v) is 22.4. The van der Waals surface area contributed by atoms with Gasteiger partial charge >= 0.3 is 0 Å². The van der Waals surface area contributed by atoms with E-state index < -0.39 is 17.9 Å². The van der Waals surface area contributed by atoms with Gasteiger partial charge in [-0.3, -0.25) is 4.79 Å². The topological polar surface area (TPSA) is 109 Å². The molecule has 206 valence electrons. The van der Waals surface area contributed by atoms with Gasteiger partial charge in [0.25, 0.3) is 0 Å². The zero-order valence-electron chi connectivity index (χ0n) is 22.4. The number of Topliss-reactive ketones (excluding diaryl/α,β-unsaturated/α-hetero) is 1. The van der Waals surface area contributed by atoms with Crippen LogP contribution in [0.2, 0.25) is 0 Å². The predicted molar refractivity (Wildman–Crippen MR) is 135 cm³/mol. The average Bonchev–Trinajstić information content (AvgIpc) is 3.41. The molecule has 0 radical (unpaired) electrons. The third kappa shape index (κ3) is 7.16. The van der Waals surface area contributed by atoms with Gasteiger partial charge in [-0.15, -0.1) is 0 Å². The molecule has 0 aromatic heterocycles. The third-order valence-electron chi connectivity index (χ3n) is 8.55. The lowest BCUT2D eigenvalue weighted by Crippen LogP contribution is -2.62. The summed E-state index contributed by atoms with van der Waals surface area (Å²) in [6.45, 7) is 11.4. The van der Waals surface area contributed by atoms with E-state index in [1.54, 1.807) is 0 Å². The lowest BCUT2D eigenvalue weighted by atomic mass is 9.88. The van der Waals surface area contributed by atoms with Gasteiger partial charge in [-0.05, 0) is 83.6 Å². The first-order chi connectivity index (χ1) is 17.1. The molecule has 4 rings (SSSR count). The van der Waals surface area contributed by atoms with Gasteiger partial charge in [0.05, 0.1) is 49.3 Å². The van der Waals surface area contributed by atoms with Crippen molar-refractivity contribution in [2.24, 2.45) is 11.7 Å². The summed E-state index contributed by atoms with van der Waals surface area (Å²) in [5, 5.41) is 10.6. The van der Waals surface area contributed by atoms with Gasteiger partial charge in [-0.1, -0.05) is 6.58 Å². The first-order valence-electron chi connectivity index (χ1n) is 14.0. The van der Waals surface area contributed by atoms with Crippen LogP contribution in [0.5, 0.6) is 0 Å². The molecule has 4 saturated heterocycles. The standard InChI is InChI=1S/C28H47NO7/c1-17-13-24(33-16-17)7-5-22(30)6-8-26-19(3)36-28(29)11-9-25(35-27(28)20(4)34-26)15-23(31)14-21-10-12-32-18(21)2/h18-22,24-27,30H,1,5-16,29H2,2-4H3/t18-,19?,20?,21?,22?,24?,25?,26?,27?,28?/m0/s1. The quantitative estimate of drug-likeness (QED) is 0.431. The number of aliphatic hydroxyl groups is 1. The number of nitrogens with two attached hydrogens (primary N) is 1. The fraction of sp³-hybridized carbons (Fsp3) is 0.893. The number of rotatable bonds is 10. The molecule has 0 saturated carbocycles. The van der Waals surface area contributed by atoms with Gasteiger partial charge in [0, 0.05) is 19.4 Å². The van der Waals surface area contributed by atoms with Gasteiger partial charge in [-0.2, -0.15) is 0 Å². The summed E-state index contributed by atoms with van der Waals surface area (Å²) in [5.74, 6) is 0.530. The highest BCUT2D eigenvalue weighted by Crippen LogP contribution is 2.38. The Balaban J connectivity index is 1.25. The second kappa shape index (κ2) is 12.3. The van der Waals surface area contributed by atoms with Gasteiger partial charge in [0.15, 0.2) is 0 Å². The van der Waals surface area contributed by atoms with Crippen LogP contribution in [0.3, 0.4) is 0 Å². The molecular formula is C28H47NO7. The van der Waals surface area contributed by atoms with Gasteiger partial charge in [0.2, 0.25) is 0 Å². The van der Waals surface area contributed by atoms with Crippen LogP contribution in [-0.2, 0) is 28.5 Å². The second-order valence-electron chi connectivity index (χ2n) is 11.6. The minimum absolute atomic E-state index is 0.148. The molecular weight excluding hydrogens is 462 g/mol. The van der Waals surface area contributed by atoms with Gasteiger partial charge < -0.3 is 34.5 Å². The maximum absolute atomic E-state index is 12.7. The van der Waals surface area contributed by atoms with Crippen molar-refractivity contribution in [3.05, 3.63) is 12.2 Å². The smallest absolute Gasteiger partial charge is 0.146 e. The zero-order chi connectivity index (χ0) is 25.9. The van der Waals surface area contributed by atoms with Crippen molar-refractivity contribution in [3.63, 3.8) is 0 Å². The molecule has 36 heavy (non-hydrogen) atoms. The third-order valence-corrected chi connectivity index (χ3v) is 8.55. The van der Waals surface area contributed by atoms with E-state index in [4.69, 9.17) is 29.4 Å². The lowest BCUT2D eigenvalue weighted by molar-refractivity contribution is -0.216. The Labute approximate surface area is 216 Å². The minimum Gasteiger partial charge on any atom is -0.393 e. The summed E-state index contributed by atoms with van der Waals surface area (Å²) in [5.41, 5.74) is 6.92. The molecule has 4 aliphatic rings. The van der Waals surface area contributed by atoms with E-state index in [0.717, 1.165) is 31.4 Å². The normalized spacial score (nSPS) is 42.2. The van der Waals surface area contributed by atoms with Crippen LogP contribution in [0, 0.1) is 5.92 Å². The van der Waals surface area contributed by atoms with Crippen molar-refractivity contribution >= 4 is 5.78 Å². The van der Waals surface area contributed by atoms with Crippen LogP contribution in [-0.4, -0.2) is 78.7 Å². The first kappa shape index (κ1) is 28.1. The highest BCUT2D eigenvalue weighted by atomic mass is 16.6. The summed E-state index contributed by atoms with van der Waals surface area (Å²) in [4.78, 5) is 12.7. The minimum atomic E-state index is -0.943. The van der Waals surface area contributed by atoms with Crippen molar-refractivity contribution in [1.82, 2.24) is 0 Å². The molecule has 3 N–H and O–H groups in total. The maximum Gasteiger partial charge on any atom is 0.146 e. The maximum atomic E-state index is 12.7. The Kier molecular flexibility index (Phi) is 9.64. The number of carbonyl (C=O) groups is 1. The Hall–Kier alpha value is -0.870. The Bertz CT molecular complexity index is 762. The largest absolute Gasteiger partial charge is 0.393 e. The van der Waals surface area contributed by atoms with E-state index in [9.17, 15) is 9.90 Å². The molecule has 0 aliphatic carbocycles. The number of hydrogen-bond donors (Lipinski definition) is 2. The van der Waals surface area contributed by atoms with Crippen molar-refractivity contribution in [1.29, 1.82) is 0 Å². The average molecular weight is 510 g/mol. The fourth-order valence-corrected chi connectivity index (χ4v) is 6.30. The van der Waals surface area contributed by atoms with E-state index in [1.165, 1.54) is 0 Å². The Morgan fingerprint density at radius 2 is 1.83 bits per heavy atom. The molecule has 4 fully saturated rings. The van der Waals surface area contributed by atoms with E-state index in [2.05, 4.69) is 6.58 Å². The van der Waals surface area contributed by atoms with Crippen molar-refractivity contribution < 1.29 is 33.6 Å². The van der Waals surface area contributed by atoms with Crippen LogP contribution in [0.25, 0.3) is 0 Å². The van der Waals surface area contributed by atoms with Crippen molar-refractivity contribution in [3.8, 4) is 0 Å². The van der Waals surface area contributed by atoms with Crippen LogP contribution in [0.15, 0.2) is 12.2 Å². The second-order valence-corrected chi connectivity index (χ2v) is 11.6. The van der Waals surface area contributed by atoms with E-state index in [0.29, 0.717) is 57.5 Å². The van der Waals surface area contributed by atoms with Crippen LogP contribution < -0.4 is 5.73 Å². The molecule has 0 spiro atoms. The number of aliphatic hydroxyl groups excluding tert-OH is 1. The molecule has 4 aliphatic heterocycles. The molecule has 4 heterocycles. The summed E-state index contributed by atoms with van der Waals surface area (Å²) >= 11 is 0. The number of hydrogen-bond acceptors (Lipinski definition) is 8. The van der Waals surface area contributed by atoms with Gasteiger partial charge in [-0.25, -0.2) is 0 Å². The van der Waals surface area contributed by atoms with Crippen LogP contribution >= 0.6 is 0 Å². The van der Waals surface area contributed by atoms with Crippen molar-refractivity contribution in [2.75, 3.05) is 13.2 Å². The SMILES string of the molecule is C=C1COC(CCC(O)CCC2OC(C)C3OC(CC(=O)CC4CCO[C@H]4C)CCC3(N)OC2C)C1. The number of ketones is 1. The lowest BCUT2D eigenvalue weighted by Gasteiger charge is -2.44. The van der Waals surface area contributed by atoms with E-state index >= 15 is 0 Å². The number of carbonyl (C=O) groups excluding carboxylic acids is 1. The fourth-order valence-electron chi connectivity index (χ4n) is 6.30. The molecule has 0 aromatic carbocycles. The van der Waals surface area contributed by atoms with E-state index in [1.807, 2.05) is 20.8 Å². The van der Waals surface area contributed by atoms with Crippen molar-refractivity contribution in [2.45, 2.75) is 140 Å². The molecule has 8 heteroatoms.